The van der Waals surface area contributed by atoms with E-state index in [1.165, 1.54) is 11.1 Å². The Hall–Kier alpha value is -1.83. The molecule has 1 aromatic carbocycles. The monoisotopic (exact) mass is 228 g/mol. The van der Waals surface area contributed by atoms with E-state index >= 15 is 0 Å². The van der Waals surface area contributed by atoms with Gasteiger partial charge >= 0.3 is 0 Å². The second-order valence-electron chi connectivity index (χ2n) is 4.27. The van der Waals surface area contributed by atoms with Crippen molar-refractivity contribution < 1.29 is 9.21 Å². The molecule has 0 aliphatic heterocycles. The van der Waals surface area contributed by atoms with Gasteiger partial charge in [-0.1, -0.05) is 24.3 Å². The maximum atomic E-state index is 11.8. The molecule has 2 aromatic rings. The summed E-state index contributed by atoms with van der Waals surface area (Å²) in [6, 6.07) is 10.0. The Morgan fingerprint density at radius 2 is 2.06 bits per heavy atom. The second kappa shape index (κ2) is 5.48. The summed E-state index contributed by atoms with van der Waals surface area (Å²) < 4.78 is 4.95. The van der Waals surface area contributed by atoms with E-state index in [-0.39, 0.29) is 5.78 Å². The Morgan fingerprint density at radius 3 is 2.76 bits per heavy atom. The van der Waals surface area contributed by atoms with Gasteiger partial charge in [0.05, 0.1) is 12.5 Å². The van der Waals surface area contributed by atoms with Gasteiger partial charge in [0.25, 0.3) is 0 Å². The number of Topliss-reactive ketones (excluding diaryl/α,β-unsaturated/α-hetero) is 1. The number of carbonyl (C=O) groups is 1. The molecular formula is C15H16O2. The predicted octanol–water partition coefficient (Wildman–Crippen LogP) is 3.33. The van der Waals surface area contributed by atoms with Crippen molar-refractivity contribution >= 4 is 5.78 Å². The van der Waals surface area contributed by atoms with Crippen LogP contribution >= 0.6 is 0 Å². The smallest absolute Gasteiger partial charge is 0.137 e. The number of ketones is 1. The van der Waals surface area contributed by atoms with Gasteiger partial charge in [0.2, 0.25) is 0 Å². The predicted molar refractivity (Wildman–Crippen MR) is 66.9 cm³/mol. The van der Waals surface area contributed by atoms with Crippen LogP contribution in [0.2, 0.25) is 0 Å². The quantitative estimate of drug-likeness (QED) is 0.785. The van der Waals surface area contributed by atoms with Crippen LogP contribution in [0.15, 0.2) is 47.3 Å². The summed E-state index contributed by atoms with van der Waals surface area (Å²) >= 11 is 0. The molecule has 1 heterocycles. The lowest BCUT2D eigenvalue weighted by molar-refractivity contribution is -0.118. The Kier molecular flexibility index (Phi) is 3.76. The third-order valence-electron chi connectivity index (χ3n) is 2.92. The fourth-order valence-corrected chi connectivity index (χ4v) is 1.87. The van der Waals surface area contributed by atoms with Gasteiger partial charge in [-0.2, -0.15) is 0 Å². The number of hydrogen-bond donors (Lipinski definition) is 0. The highest BCUT2D eigenvalue weighted by Gasteiger charge is 2.06. The molecule has 2 heteroatoms. The standard InChI is InChI=1S/C15H16O2/c1-12-4-2-3-5-14(12)6-7-15(16)10-13-8-9-17-11-13/h2-5,8-9,11H,6-7,10H2,1H3. The highest BCUT2D eigenvalue weighted by Crippen LogP contribution is 2.11. The van der Waals surface area contributed by atoms with Crippen LogP contribution in [0, 0.1) is 6.92 Å². The molecule has 0 radical (unpaired) electrons. The van der Waals surface area contributed by atoms with Crippen LogP contribution in [0.4, 0.5) is 0 Å². The van der Waals surface area contributed by atoms with E-state index in [1.807, 2.05) is 18.2 Å². The van der Waals surface area contributed by atoms with Crippen molar-refractivity contribution in [3.63, 3.8) is 0 Å². The molecule has 0 saturated carbocycles. The molecule has 0 saturated heterocycles. The van der Waals surface area contributed by atoms with E-state index in [4.69, 9.17) is 4.42 Å². The van der Waals surface area contributed by atoms with Gasteiger partial charge < -0.3 is 4.42 Å². The molecular weight excluding hydrogens is 212 g/mol. The SMILES string of the molecule is Cc1ccccc1CCC(=O)Cc1ccoc1. The summed E-state index contributed by atoms with van der Waals surface area (Å²) in [5.74, 6) is 0.259. The molecule has 0 bridgehead atoms. The summed E-state index contributed by atoms with van der Waals surface area (Å²) in [5.41, 5.74) is 3.47. The number of aryl methyl sites for hydroxylation is 2. The first-order valence-electron chi connectivity index (χ1n) is 5.83. The first-order valence-corrected chi connectivity index (χ1v) is 5.83. The van der Waals surface area contributed by atoms with Crippen LogP contribution in [0.5, 0.6) is 0 Å². The lowest BCUT2D eigenvalue weighted by Crippen LogP contribution is -2.04. The third-order valence-corrected chi connectivity index (χ3v) is 2.92. The molecule has 2 rings (SSSR count). The average molecular weight is 228 g/mol. The molecule has 0 amide bonds. The number of carbonyl (C=O) groups excluding carboxylic acids is 1. The summed E-state index contributed by atoms with van der Waals surface area (Å²) in [6.45, 7) is 2.08. The lowest BCUT2D eigenvalue weighted by atomic mass is 10.0. The van der Waals surface area contributed by atoms with Crippen molar-refractivity contribution in [1.82, 2.24) is 0 Å². The average Bonchev–Trinajstić information content (AvgIpc) is 2.81. The fourth-order valence-electron chi connectivity index (χ4n) is 1.87. The maximum Gasteiger partial charge on any atom is 0.137 e. The highest BCUT2D eigenvalue weighted by atomic mass is 16.3. The first kappa shape index (κ1) is 11.6. The van der Waals surface area contributed by atoms with Crippen LogP contribution in [-0.4, -0.2) is 5.78 Å². The van der Waals surface area contributed by atoms with E-state index in [0.29, 0.717) is 12.8 Å². The van der Waals surface area contributed by atoms with Gasteiger partial charge in [-0.25, -0.2) is 0 Å². The summed E-state index contributed by atoms with van der Waals surface area (Å²) in [5, 5.41) is 0. The van der Waals surface area contributed by atoms with Crippen molar-refractivity contribution in [2.24, 2.45) is 0 Å². The zero-order valence-corrected chi connectivity index (χ0v) is 9.98. The number of rotatable bonds is 5. The summed E-state index contributed by atoms with van der Waals surface area (Å²) in [6.07, 6.45) is 5.12. The Balaban J connectivity index is 1.86. The van der Waals surface area contributed by atoms with Gasteiger partial charge in [0, 0.05) is 12.8 Å². The van der Waals surface area contributed by atoms with Crippen molar-refractivity contribution in [2.75, 3.05) is 0 Å². The summed E-state index contributed by atoms with van der Waals surface area (Å²) in [7, 11) is 0. The molecule has 0 unspecified atom stereocenters. The molecule has 0 aliphatic carbocycles. The third kappa shape index (κ3) is 3.31. The molecule has 0 N–H and O–H groups in total. The minimum Gasteiger partial charge on any atom is -0.472 e. The molecule has 17 heavy (non-hydrogen) atoms. The molecule has 0 spiro atoms. The topological polar surface area (TPSA) is 30.2 Å². The molecule has 1 aromatic heterocycles. The van der Waals surface area contributed by atoms with Gasteiger partial charge in [0.15, 0.2) is 0 Å². The van der Waals surface area contributed by atoms with Crippen molar-refractivity contribution in [3.05, 3.63) is 59.5 Å². The summed E-state index contributed by atoms with van der Waals surface area (Å²) in [4.78, 5) is 11.8. The van der Waals surface area contributed by atoms with Gasteiger partial charge in [-0.15, -0.1) is 0 Å². The van der Waals surface area contributed by atoms with Crippen LogP contribution in [0.25, 0.3) is 0 Å². The molecule has 2 nitrogen and oxygen atoms in total. The van der Waals surface area contributed by atoms with E-state index in [9.17, 15) is 4.79 Å². The van der Waals surface area contributed by atoms with Crippen LogP contribution in [0.3, 0.4) is 0 Å². The minimum atomic E-state index is 0.259. The van der Waals surface area contributed by atoms with Gasteiger partial charge in [0.1, 0.15) is 5.78 Å². The van der Waals surface area contributed by atoms with E-state index in [2.05, 4.69) is 19.1 Å². The zero-order chi connectivity index (χ0) is 12.1. The van der Waals surface area contributed by atoms with Gasteiger partial charge in [-0.05, 0) is 36.1 Å². The Labute approximate surface area is 101 Å². The largest absolute Gasteiger partial charge is 0.472 e. The molecule has 88 valence electrons. The lowest BCUT2D eigenvalue weighted by Gasteiger charge is -2.04. The number of benzene rings is 1. The van der Waals surface area contributed by atoms with Crippen LogP contribution < -0.4 is 0 Å². The highest BCUT2D eigenvalue weighted by molar-refractivity contribution is 5.81. The zero-order valence-electron chi connectivity index (χ0n) is 9.98. The van der Waals surface area contributed by atoms with Crippen LogP contribution in [0.1, 0.15) is 23.1 Å². The first-order chi connectivity index (χ1) is 8.25. The molecule has 0 fully saturated rings. The Bertz CT molecular complexity index is 483. The minimum absolute atomic E-state index is 0.259. The number of hydrogen-bond acceptors (Lipinski definition) is 2. The van der Waals surface area contributed by atoms with Gasteiger partial charge in [-0.3, -0.25) is 4.79 Å². The van der Waals surface area contributed by atoms with E-state index in [0.717, 1.165) is 12.0 Å². The van der Waals surface area contributed by atoms with Crippen LogP contribution in [-0.2, 0) is 17.6 Å². The molecule has 0 atom stereocenters. The number of furan rings is 1. The Morgan fingerprint density at radius 1 is 1.24 bits per heavy atom. The second-order valence-corrected chi connectivity index (χ2v) is 4.27. The fraction of sp³-hybridized carbons (Fsp3) is 0.267. The molecule has 0 aliphatic rings. The van der Waals surface area contributed by atoms with Crippen molar-refractivity contribution in [1.29, 1.82) is 0 Å². The van der Waals surface area contributed by atoms with Crippen molar-refractivity contribution in [3.8, 4) is 0 Å². The van der Waals surface area contributed by atoms with E-state index in [1.54, 1.807) is 12.5 Å². The normalized spacial score (nSPS) is 10.4. The maximum absolute atomic E-state index is 11.8. The van der Waals surface area contributed by atoms with Crippen molar-refractivity contribution in [2.45, 2.75) is 26.2 Å². The van der Waals surface area contributed by atoms with E-state index < -0.39 is 0 Å².